The summed E-state index contributed by atoms with van der Waals surface area (Å²) in [6, 6.07) is -0.138. The van der Waals surface area contributed by atoms with Crippen LogP contribution in [-0.2, 0) is 14.3 Å². The highest BCUT2D eigenvalue weighted by atomic mass is 16.6. The van der Waals surface area contributed by atoms with Crippen LogP contribution in [0.2, 0.25) is 0 Å². The Kier molecular flexibility index (Phi) is 7.52. The topological polar surface area (TPSA) is 59.1 Å². The molecule has 1 fully saturated rings. The summed E-state index contributed by atoms with van der Waals surface area (Å²) >= 11 is 0. The predicted molar refractivity (Wildman–Crippen MR) is 93.9 cm³/mol. The molecule has 1 heterocycles. The number of unbranched alkanes of at least 4 members (excludes halogenated alkanes) is 1. The largest absolute Gasteiger partial charge is 0.444 e. The minimum absolute atomic E-state index is 0.00529. The molecule has 3 atom stereocenters. The highest BCUT2D eigenvalue weighted by Crippen LogP contribution is 2.20. The van der Waals surface area contributed by atoms with Crippen LogP contribution in [0.5, 0.6) is 0 Å². The molecule has 0 saturated carbocycles. The molecule has 1 rings (SSSR count). The van der Waals surface area contributed by atoms with Crippen molar-refractivity contribution in [3.8, 4) is 0 Å². The van der Waals surface area contributed by atoms with Crippen LogP contribution in [0.15, 0.2) is 0 Å². The van der Waals surface area contributed by atoms with Crippen LogP contribution in [0.4, 0.5) is 4.79 Å². The van der Waals surface area contributed by atoms with Crippen molar-refractivity contribution in [1.82, 2.24) is 9.80 Å². The van der Waals surface area contributed by atoms with Gasteiger partial charge in [0.25, 0.3) is 5.91 Å². The third-order valence-electron chi connectivity index (χ3n) is 4.11. The SMILES string of the molecule is CCCCO[C@H](C)C(=O)N1C[C@@H](C)N(C(=O)OC(C)(C)C)C[C@H]1C. The van der Waals surface area contributed by atoms with Crippen molar-refractivity contribution in [3.05, 3.63) is 0 Å². The van der Waals surface area contributed by atoms with Crippen molar-refractivity contribution in [1.29, 1.82) is 0 Å². The quantitative estimate of drug-likeness (QED) is 0.721. The van der Waals surface area contributed by atoms with Crippen molar-refractivity contribution in [2.45, 2.75) is 85.1 Å². The standard InChI is InChI=1S/C18H34N2O4/c1-8-9-10-23-15(4)16(21)19-11-14(3)20(12-13(19)2)17(22)24-18(5,6)7/h13-15H,8-12H2,1-7H3/t13-,14-,15-/m1/s1. The van der Waals surface area contributed by atoms with Crippen molar-refractivity contribution in [3.63, 3.8) is 0 Å². The van der Waals surface area contributed by atoms with Crippen LogP contribution < -0.4 is 0 Å². The average Bonchev–Trinajstić information content (AvgIpc) is 2.46. The number of hydrogen-bond acceptors (Lipinski definition) is 4. The van der Waals surface area contributed by atoms with Gasteiger partial charge in [-0.15, -0.1) is 0 Å². The number of nitrogens with zero attached hydrogens (tertiary/aromatic N) is 2. The minimum atomic E-state index is -0.519. The van der Waals surface area contributed by atoms with E-state index in [0.29, 0.717) is 19.7 Å². The molecule has 24 heavy (non-hydrogen) atoms. The van der Waals surface area contributed by atoms with E-state index in [1.54, 1.807) is 11.8 Å². The van der Waals surface area contributed by atoms with Crippen LogP contribution in [0.3, 0.4) is 0 Å². The van der Waals surface area contributed by atoms with Crippen molar-refractivity contribution >= 4 is 12.0 Å². The molecule has 6 heteroatoms. The first-order valence-corrected chi connectivity index (χ1v) is 8.98. The predicted octanol–water partition coefficient (Wildman–Crippen LogP) is 3.05. The Labute approximate surface area is 146 Å². The molecule has 0 aromatic rings. The average molecular weight is 342 g/mol. The molecule has 0 unspecified atom stereocenters. The summed E-state index contributed by atoms with van der Waals surface area (Å²) in [5.41, 5.74) is -0.519. The maximum Gasteiger partial charge on any atom is 0.410 e. The molecule has 1 saturated heterocycles. The summed E-state index contributed by atoms with van der Waals surface area (Å²) < 4.78 is 11.1. The number of amides is 2. The maximum absolute atomic E-state index is 12.6. The minimum Gasteiger partial charge on any atom is -0.444 e. The normalized spacial score (nSPS) is 23.1. The molecule has 0 spiro atoms. The zero-order valence-electron chi connectivity index (χ0n) is 16.3. The second-order valence-corrected chi connectivity index (χ2v) is 7.69. The first kappa shape index (κ1) is 20.7. The van der Waals surface area contributed by atoms with Crippen molar-refractivity contribution < 1.29 is 19.1 Å². The first-order chi connectivity index (χ1) is 11.1. The van der Waals surface area contributed by atoms with Crippen LogP contribution in [0.1, 0.15) is 61.3 Å². The van der Waals surface area contributed by atoms with Crippen molar-refractivity contribution in [2.75, 3.05) is 19.7 Å². The molecule has 0 radical (unpaired) electrons. The van der Waals surface area contributed by atoms with Crippen molar-refractivity contribution in [2.24, 2.45) is 0 Å². The highest BCUT2D eigenvalue weighted by Gasteiger charge is 2.37. The van der Waals surface area contributed by atoms with Crippen LogP contribution >= 0.6 is 0 Å². The Morgan fingerprint density at radius 3 is 2.21 bits per heavy atom. The van der Waals surface area contributed by atoms with E-state index in [0.717, 1.165) is 12.8 Å². The van der Waals surface area contributed by atoms with E-state index in [4.69, 9.17) is 9.47 Å². The summed E-state index contributed by atoms with van der Waals surface area (Å²) in [7, 11) is 0. The molecule has 140 valence electrons. The second kappa shape index (κ2) is 8.70. The van der Waals surface area contributed by atoms with Gasteiger partial charge in [-0.05, 0) is 48.0 Å². The van der Waals surface area contributed by atoms with Gasteiger partial charge < -0.3 is 19.3 Å². The fourth-order valence-corrected chi connectivity index (χ4v) is 2.72. The molecular weight excluding hydrogens is 308 g/mol. The van der Waals surface area contributed by atoms with Gasteiger partial charge in [0.05, 0.1) is 0 Å². The third kappa shape index (κ3) is 5.96. The zero-order chi connectivity index (χ0) is 18.5. The zero-order valence-corrected chi connectivity index (χ0v) is 16.3. The lowest BCUT2D eigenvalue weighted by molar-refractivity contribution is -0.148. The molecule has 1 aliphatic rings. The summed E-state index contributed by atoms with van der Waals surface area (Å²) in [4.78, 5) is 28.5. The monoisotopic (exact) mass is 342 g/mol. The van der Waals surface area contributed by atoms with E-state index in [9.17, 15) is 9.59 Å². The summed E-state index contributed by atoms with van der Waals surface area (Å²) in [5.74, 6) is -0.00529. The molecule has 0 aliphatic carbocycles. The molecule has 0 aromatic carbocycles. The Morgan fingerprint density at radius 2 is 1.67 bits per heavy atom. The number of ether oxygens (including phenoxy) is 2. The van der Waals surface area contributed by atoms with Gasteiger partial charge in [-0.25, -0.2) is 4.79 Å². The smallest absolute Gasteiger partial charge is 0.410 e. The number of piperazine rings is 1. The van der Waals surface area contributed by atoms with Gasteiger partial charge in [-0.2, -0.15) is 0 Å². The van der Waals surface area contributed by atoms with E-state index in [-0.39, 0.29) is 24.1 Å². The van der Waals surface area contributed by atoms with Crippen LogP contribution in [0.25, 0.3) is 0 Å². The Balaban J connectivity index is 2.64. The van der Waals surface area contributed by atoms with Gasteiger partial charge >= 0.3 is 6.09 Å². The number of carbonyl (C=O) groups excluding carboxylic acids is 2. The van der Waals surface area contributed by atoms with E-state index >= 15 is 0 Å². The van der Waals surface area contributed by atoms with Gasteiger partial charge in [0.1, 0.15) is 11.7 Å². The van der Waals surface area contributed by atoms with Crippen LogP contribution in [-0.4, -0.2) is 65.3 Å². The summed E-state index contributed by atoms with van der Waals surface area (Å²) in [6.45, 7) is 14.9. The van der Waals surface area contributed by atoms with E-state index in [1.807, 2.05) is 39.5 Å². The van der Waals surface area contributed by atoms with Gasteiger partial charge in [-0.3, -0.25) is 4.79 Å². The molecule has 0 N–H and O–H groups in total. The summed E-state index contributed by atoms with van der Waals surface area (Å²) in [6.07, 6.45) is 1.24. The number of rotatable bonds is 5. The lowest BCUT2D eigenvalue weighted by atomic mass is 10.1. The van der Waals surface area contributed by atoms with Gasteiger partial charge in [0, 0.05) is 31.8 Å². The Hall–Kier alpha value is -1.30. The fraction of sp³-hybridized carbons (Fsp3) is 0.889. The molecule has 0 aromatic heterocycles. The number of carbonyl (C=O) groups is 2. The van der Waals surface area contributed by atoms with Crippen LogP contribution in [0, 0.1) is 0 Å². The molecular formula is C18H34N2O4. The second-order valence-electron chi connectivity index (χ2n) is 7.69. The lowest BCUT2D eigenvalue weighted by Crippen LogP contribution is -2.61. The first-order valence-electron chi connectivity index (χ1n) is 8.98. The Morgan fingerprint density at radius 1 is 1.12 bits per heavy atom. The van der Waals surface area contributed by atoms with Gasteiger partial charge in [0.2, 0.25) is 0 Å². The Bertz CT molecular complexity index is 433. The molecule has 2 amide bonds. The highest BCUT2D eigenvalue weighted by molar-refractivity contribution is 5.81. The van der Waals surface area contributed by atoms with Gasteiger partial charge in [-0.1, -0.05) is 13.3 Å². The number of hydrogen-bond donors (Lipinski definition) is 0. The third-order valence-corrected chi connectivity index (χ3v) is 4.11. The molecule has 1 aliphatic heterocycles. The molecule has 0 bridgehead atoms. The summed E-state index contributed by atoms with van der Waals surface area (Å²) in [5, 5.41) is 0. The van der Waals surface area contributed by atoms with E-state index in [2.05, 4.69) is 6.92 Å². The fourth-order valence-electron chi connectivity index (χ4n) is 2.72. The van der Waals surface area contributed by atoms with Gasteiger partial charge in [0.15, 0.2) is 0 Å². The van der Waals surface area contributed by atoms with E-state index in [1.165, 1.54) is 0 Å². The van der Waals surface area contributed by atoms with E-state index < -0.39 is 11.7 Å². The maximum atomic E-state index is 12.6. The molecule has 6 nitrogen and oxygen atoms in total. The lowest BCUT2D eigenvalue weighted by Gasteiger charge is -2.44.